The number of hydrogen-bond acceptors (Lipinski definition) is 5. The third-order valence-corrected chi connectivity index (χ3v) is 5.03. The number of benzene rings is 2. The summed E-state index contributed by atoms with van der Waals surface area (Å²) in [6.07, 6.45) is 3.32. The van der Waals surface area contributed by atoms with Crippen LogP contribution in [0.15, 0.2) is 53.8 Å². The van der Waals surface area contributed by atoms with Gasteiger partial charge in [0.05, 0.1) is 5.56 Å². The molecule has 0 radical (unpaired) electrons. The minimum absolute atomic E-state index is 0.0125. The lowest BCUT2D eigenvalue weighted by molar-refractivity contribution is 0.0993. The number of ketones is 1. The summed E-state index contributed by atoms with van der Waals surface area (Å²) in [6.45, 7) is 0. The van der Waals surface area contributed by atoms with E-state index in [1.807, 2.05) is 6.26 Å². The van der Waals surface area contributed by atoms with Gasteiger partial charge in [-0.1, -0.05) is 41.0 Å². The molecule has 0 atom stereocenters. The lowest BCUT2D eigenvalue weighted by Crippen LogP contribution is -2.10. The first kappa shape index (κ1) is 19.6. The Labute approximate surface area is 170 Å². The molecule has 0 bridgehead atoms. The van der Waals surface area contributed by atoms with Crippen LogP contribution in [0, 0.1) is 5.82 Å². The van der Waals surface area contributed by atoms with E-state index in [1.54, 1.807) is 30.3 Å². The van der Waals surface area contributed by atoms with Crippen LogP contribution in [0.2, 0.25) is 10.0 Å². The second kappa shape index (κ2) is 8.69. The highest BCUT2D eigenvalue weighted by molar-refractivity contribution is 7.98. The van der Waals surface area contributed by atoms with Crippen molar-refractivity contribution < 1.29 is 9.18 Å². The number of nitrogens with one attached hydrogen (secondary N) is 1. The SMILES string of the molecule is CSc1ncc(C(=O)Cc2c(Cl)cccc2Cl)c(Nc2ccc(F)cc2)n1. The van der Waals surface area contributed by atoms with Crippen LogP contribution in [0.3, 0.4) is 0 Å². The number of hydrogen-bond donors (Lipinski definition) is 1. The standard InChI is InChI=1S/C19H14Cl2FN3OS/c1-27-19-23-10-14(17(26)9-13-15(20)3-2-4-16(13)21)18(25-19)24-12-7-5-11(22)6-8-12/h2-8,10H,9H2,1H3,(H,23,24,25). The zero-order valence-corrected chi connectivity index (χ0v) is 16.5. The molecular formula is C19H14Cl2FN3OS. The van der Waals surface area contributed by atoms with E-state index in [2.05, 4.69) is 15.3 Å². The van der Waals surface area contributed by atoms with Crippen molar-refractivity contribution in [3.05, 3.63) is 75.7 Å². The van der Waals surface area contributed by atoms with Gasteiger partial charge in [-0.15, -0.1) is 0 Å². The lowest BCUT2D eigenvalue weighted by Gasteiger charge is -2.12. The Hall–Kier alpha value is -2.15. The molecule has 1 aromatic heterocycles. The molecule has 0 amide bonds. The summed E-state index contributed by atoms with van der Waals surface area (Å²) in [5, 5.41) is 4.40. The topological polar surface area (TPSA) is 54.9 Å². The molecule has 0 saturated heterocycles. The average molecular weight is 422 g/mol. The highest BCUT2D eigenvalue weighted by Gasteiger charge is 2.18. The van der Waals surface area contributed by atoms with Gasteiger partial charge < -0.3 is 5.32 Å². The molecule has 0 saturated carbocycles. The van der Waals surface area contributed by atoms with Crippen LogP contribution in [0.4, 0.5) is 15.9 Å². The number of thioether (sulfide) groups is 1. The van der Waals surface area contributed by atoms with Crippen LogP contribution in [0.1, 0.15) is 15.9 Å². The van der Waals surface area contributed by atoms with E-state index in [4.69, 9.17) is 23.2 Å². The third-order valence-electron chi connectivity index (χ3n) is 3.76. The number of rotatable bonds is 6. The Bertz CT molecular complexity index is 963. The number of nitrogens with zero attached hydrogens (tertiary/aromatic N) is 2. The molecule has 0 aliphatic carbocycles. The second-order valence-corrected chi connectivity index (χ2v) is 7.14. The molecule has 27 heavy (non-hydrogen) atoms. The Morgan fingerprint density at radius 1 is 1.15 bits per heavy atom. The summed E-state index contributed by atoms with van der Waals surface area (Å²) >= 11 is 13.7. The van der Waals surface area contributed by atoms with Crippen molar-refractivity contribution in [1.29, 1.82) is 0 Å². The van der Waals surface area contributed by atoms with Crippen molar-refractivity contribution in [3.8, 4) is 0 Å². The first-order valence-electron chi connectivity index (χ1n) is 7.87. The molecule has 0 unspecified atom stereocenters. The molecule has 2 aromatic carbocycles. The van der Waals surface area contributed by atoms with E-state index in [0.29, 0.717) is 37.8 Å². The lowest BCUT2D eigenvalue weighted by atomic mass is 10.0. The number of aromatic nitrogens is 2. The number of carbonyl (C=O) groups excluding carboxylic acids is 1. The maximum Gasteiger partial charge on any atom is 0.189 e. The molecule has 4 nitrogen and oxygen atoms in total. The van der Waals surface area contributed by atoms with Gasteiger partial charge in [-0.25, -0.2) is 14.4 Å². The molecule has 138 valence electrons. The van der Waals surface area contributed by atoms with E-state index in [0.717, 1.165) is 0 Å². The fraction of sp³-hybridized carbons (Fsp3) is 0.105. The summed E-state index contributed by atoms with van der Waals surface area (Å²) in [5.41, 5.74) is 1.45. The van der Waals surface area contributed by atoms with E-state index < -0.39 is 0 Å². The normalized spacial score (nSPS) is 10.7. The largest absolute Gasteiger partial charge is 0.339 e. The summed E-state index contributed by atoms with van der Waals surface area (Å²) in [5.74, 6) is -0.242. The van der Waals surface area contributed by atoms with E-state index in [1.165, 1.54) is 30.1 Å². The Kier molecular flexibility index (Phi) is 6.31. The number of carbonyl (C=O) groups is 1. The van der Waals surface area contributed by atoms with Crippen molar-refractivity contribution in [2.75, 3.05) is 11.6 Å². The first-order chi connectivity index (χ1) is 13.0. The molecule has 3 rings (SSSR count). The third kappa shape index (κ3) is 4.77. The van der Waals surface area contributed by atoms with Gasteiger partial charge in [-0.3, -0.25) is 4.79 Å². The average Bonchev–Trinajstić information content (AvgIpc) is 2.66. The maximum absolute atomic E-state index is 13.1. The number of halogens is 3. The van der Waals surface area contributed by atoms with E-state index >= 15 is 0 Å². The summed E-state index contributed by atoms with van der Waals surface area (Å²) in [6, 6.07) is 10.9. The van der Waals surface area contributed by atoms with E-state index in [-0.39, 0.29) is 18.0 Å². The fourth-order valence-corrected chi connectivity index (χ4v) is 3.26. The van der Waals surface area contributed by atoms with Crippen molar-refractivity contribution >= 4 is 52.3 Å². The van der Waals surface area contributed by atoms with Gasteiger partial charge in [-0.05, 0) is 48.2 Å². The summed E-state index contributed by atoms with van der Waals surface area (Å²) in [4.78, 5) is 21.4. The summed E-state index contributed by atoms with van der Waals surface area (Å²) < 4.78 is 13.1. The van der Waals surface area contributed by atoms with Crippen LogP contribution in [-0.4, -0.2) is 22.0 Å². The van der Waals surface area contributed by atoms with Crippen LogP contribution < -0.4 is 5.32 Å². The van der Waals surface area contributed by atoms with Crippen LogP contribution >= 0.6 is 35.0 Å². The molecule has 1 N–H and O–H groups in total. The van der Waals surface area contributed by atoms with Gasteiger partial charge in [0.25, 0.3) is 0 Å². The molecule has 0 fully saturated rings. The minimum atomic E-state index is -0.349. The molecule has 0 spiro atoms. The zero-order chi connectivity index (χ0) is 19.4. The Morgan fingerprint density at radius 2 is 1.81 bits per heavy atom. The predicted molar refractivity (Wildman–Crippen MR) is 108 cm³/mol. The number of Topliss-reactive ketones (excluding diaryl/α,β-unsaturated/α-hetero) is 1. The predicted octanol–water partition coefficient (Wildman–Crippen LogP) is 5.81. The van der Waals surface area contributed by atoms with Crippen molar-refractivity contribution in [3.63, 3.8) is 0 Å². The molecule has 1 heterocycles. The van der Waals surface area contributed by atoms with Crippen LogP contribution in [-0.2, 0) is 6.42 Å². The highest BCUT2D eigenvalue weighted by Crippen LogP contribution is 2.28. The molecule has 0 aliphatic heterocycles. The molecular weight excluding hydrogens is 408 g/mol. The van der Waals surface area contributed by atoms with Crippen molar-refractivity contribution in [2.45, 2.75) is 11.6 Å². The molecule has 8 heteroatoms. The quantitative estimate of drug-likeness (QED) is 0.309. The summed E-state index contributed by atoms with van der Waals surface area (Å²) in [7, 11) is 0. The maximum atomic E-state index is 13.1. The fourth-order valence-electron chi connectivity index (χ4n) is 2.39. The number of anilines is 2. The van der Waals surface area contributed by atoms with Crippen molar-refractivity contribution in [2.24, 2.45) is 0 Å². The van der Waals surface area contributed by atoms with Gasteiger partial charge in [0.1, 0.15) is 11.6 Å². The van der Waals surface area contributed by atoms with Crippen molar-refractivity contribution in [1.82, 2.24) is 9.97 Å². The molecule has 3 aromatic rings. The van der Waals surface area contributed by atoms with Crippen LogP contribution in [0.25, 0.3) is 0 Å². The van der Waals surface area contributed by atoms with E-state index in [9.17, 15) is 9.18 Å². The first-order valence-corrected chi connectivity index (χ1v) is 9.85. The van der Waals surface area contributed by atoms with Gasteiger partial charge in [-0.2, -0.15) is 0 Å². The monoisotopic (exact) mass is 421 g/mol. The molecule has 0 aliphatic rings. The highest BCUT2D eigenvalue weighted by atomic mass is 35.5. The van der Waals surface area contributed by atoms with Gasteiger partial charge in [0.15, 0.2) is 10.9 Å². The van der Waals surface area contributed by atoms with Crippen LogP contribution in [0.5, 0.6) is 0 Å². The Balaban J connectivity index is 1.94. The van der Waals surface area contributed by atoms with Gasteiger partial charge in [0.2, 0.25) is 0 Å². The zero-order valence-electron chi connectivity index (χ0n) is 14.2. The van der Waals surface area contributed by atoms with Gasteiger partial charge in [0, 0.05) is 28.4 Å². The Morgan fingerprint density at radius 3 is 2.44 bits per heavy atom. The second-order valence-electron chi connectivity index (χ2n) is 5.55. The smallest absolute Gasteiger partial charge is 0.189 e. The van der Waals surface area contributed by atoms with Gasteiger partial charge >= 0.3 is 0 Å². The minimum Gasteiger partial charge on any atom is -0.339 e.